The number of aromatic carboxylic acids is 1. The highest BCUT2D eigenvalue weighted by molar-refractivity contribution is 6.67. The van der Waals surface area contributed by atoms with Crippen molar-refractivity contribution < 1.29 is 59.4 Å². The maximum atomic E-state index is 12.4. The quantitative estimate of drug-likeness (QED) is 0.0951. The summed E-state index contributed by atoms with van der Waals surface area (Å²) in [5, 5.41) is 20.4. The number of nitrogens with one attached hydrogen (secondary N) is 1. The van der Waals surface area contributed by atoms with Crippen molar-refractivity contribution in [2.24, 2.45) is 0 Å². The zero-order valence-electron chi connectivity index (χ0n) is 24.8. The first kappa shape index (κ1) is 38.5. The Hall–Kier alpha value is -5.65. The molecule has 1 amide bonds. The van der Waals surface area contributed by atoms with Crippen LogP contribution < -0.4 is 11.1 Å². The van der Waals surface area contributed by atoms with Crippen LogP contribution in [0.2, 0.25) is 0 Å². The predicted molar refractivity (Wildman–Crippen MR) is 156 cm³/mol. The van der Waals surface area contributed by atoms with Crippen LogP contribution in [0, 0.1) is 20.8 Å². The highest BCUT2D eigenvalue weighted by Crippen LogP contribution is 2.30. The standard InChI is InChI=1S/C12H9F3N2O2.C7H6F3N.C5H4ClNO2.C5H5NO3/c1-7-10(6-16-19-7)11(18)17-9-4-2-8(3-5-9)12(13,14)15;8-7(9,10)5-1-3-6(11)4-2-5;1-3-4(5(6)8)2-7-9-3;1-3-4(5(7)8)2-6-9-3/h2-6H,1H3,(H,17,18);1-4H,11H2;2H,1H3;2H,1H3,(H,7,8). The van der Waals surface area contributed by atoms with Crippen LogP contribution in [0.15, 0.2) is 80.7 Å². The Labute approximate surface area is 271 Å². The van der Waals surface area contributed by atoms with Gasteiger partial charge in [0.2, 0.25) is 0 Å². The van der Waals surface area contributed by atoms with Gasteiger partial charge in [0.1, 0.15) is 28.4 Å². The number of hydrogen-bond donors (Lipinski definition) is 3. The van der Waals surface area contributed by atoms with Crippen LogP contribution >= 0.6 is 11.6 Å². The van der Waals surface area contributed by atoms with E-state index in [1.165, 1.54) is 42.9 Å². The summed E-state index contributed by atoms with van der Waals surface area (Å²) in [4.78, 5) is 32.3. The third-order valence-electron chi connectivity index (χ3n) is 5.65. The van der Waals surface area contributed by atoms with Gasteiger partial charge in [-0.1, -0.05) is 15.5 Å². The average molecular weight is 704 g/mol. The fraction of sp³-hybridized carbons (Fsp3) is 0.172. The van der Waals surface area contributed by atoms with E-state index in [1.807, 2.05) is 0 Å². The molecular formula is C29H24ClF6N5O7. The Morgan fingerprint density at radius 1 is 0.688 bits per heavy atom. The van der Waals surface area contributed by atoms with Gasteiger partial charge in [-0.2, -0.15) is 26.3 Å². The van der Waals surface area contributed by atoms with Gasteiger partial charge in [-0.25, -0.2) is 4.79 Å². The Morgan fingerprint density at radius 3 is 1.35 bits per heavy atom. The Morgan fingerprint density at radius 2 is 1.06 bits per heavy atom. The molecule has 19 heteroatoms. The molecule has 4 N–H and O–H groups in total. The number of benzene rings is 2. The lowest BCUT2D eigenvalue weighted by Crippen LogP contribution is -2.12. The number of carboxylic acids is 1. The van der Waals surface area contributed by atoms with Crippen molar-refractivity contribution in [1.29, 1.82) is 0 Å². The molecule has 0 saturated carbocycles. The number of nitrogen functional groups attached to an aromatic ring is 1. The summed E-state index contributed by atoms with van der Waals surface area (Å²) in [7, 11) is 0. The topological polar surface area (TPSA) is 188 Å². The molecule has 3 heterocycles. The molecular weight excluding hydrogens is 680 g/mol. The summed E-state index contributed by atoms with van der Waals surface area (Å²) >= 11 is 5.11. The Bertz CT molecular complexity index is 1750. The lowest BCUT2D eigenvalue weighted by Gasteiger charge is -2.08. The first-order chi connectivity index (χ1) is 22.3. The molecule has 0 aliphatic heterocycles. The van der Waals surface area contributed by atoms with E-state index in [0.29, 0.717) is 28.5 Å². The largest absolute Gasteiger partial charge is 0.478 e. The molecule has 256 valence electrons. The number of anilines is 2. The minimum absolute atomic E-state index is 0.120. The summed E-state index contributed by atoms with van der Waals surface area (Å²) in [5.41, 5.74) is 5.04. The first-order valence-electron chi connectivity index (χ1n) is 12.9. The van der Waals surface area contributed by atoms with Gasteiger partial charge in [0.05, 0.1) is 35.3 Å². The van der Waals surface area contributed by atoms with Gasteiger partial charge >= 0.3 is 18.3 Å². The predicted octanol–water partition coefficient (Wildman–Crippen LogP) is 7.58. The minimum Gasteiger partial charge on any atom is -0.478 e. The van der Waals surface area contributed by atoms with Gasteiger partial charge in [0.15, 0.2) is 0 Å². The molecule has 2 aromatic carbocycles. The van der Waals surface area contributed by atoms with Crippen LogP contribution in [-0.2, 0) is 12.4 Å². The van der Waals surface area contributed by atoms with Crippen molar-refractivity contribution in [2.45, 2.75) is 33.1 Å². The Kier molecular flexibility index (Phi) is 13.5. The molecule has 5 rings (SSSR count). The summed E-state index contributed by atoms with van der Waals surface area (Å²) in [6.45, 7) is 4.74. The zero-order chi connectivity index (χ0) is 36.2. The monoisotopic (exact) mass is 703 g/mol. The van der Waals surface area contributed by atoms with Gasteiger partial charge < -0.3 is 29.7 Å². The van der Waals surface area contributed by atoms with Crippen molar-refractivity contribution in [3.63, 3.8) is 0 Å². The van der Waals surface area contributed by atoms with E-state index in [-0.39, 0.29) is 16.8 Å². The highest BCUT2D eigenvalue weighted by atomic mass is 35.5. The fourth-order valence-electron chi connectivity index (χ4n) is 3.12. The van der Waals surface area contributed by atoms with Crippen LogP contribution in [-0.4, -0.2) is 37.7 Å². The number of halogens is 7. The van der Waals surface area contributed by atoms with Gasteiger partial charge in [-0.05, 0) is 80.9 Å². The van der Waals surface area contributed by atoms with Crippen LogP contribution in [0.4, 0.5) is 37.7 Å². The number of aromatic nitrogens is 3. The number of nitrogens with two attached hydrogens (primary N) is 1. The second-order valence-corrected chi connectivity index (χ2v) is 9.46. The summed E-state index contributed by atoms with van der Waals surface area (Å²) in [6.07, 6.45) is -4.95. The zero-order valence-corrected chi connectivity index (χ0v) is 25.6. The number of alkyl halides is 6. The molecule has 5 aromatic rings. The minimum atomic E-state index is -4.40. The van der Waals surface area contributed by atoms with E-state index >= 15 is 0 Å². The van der Waals surface area contributed by atoms with Crippen LogP contribution in [0.5, 0.6) is 0 Å². The average Bonchev–Trinajstić information content (AvgIpc) is 3.74. The number of amides is 1. The van der Waals surface area contributed by atoms with Crippen molar-refractivity contribution in [3.05, 3.63) is 112 Å². The normalized spacial score (nSPS) is 10.7. The molecule has 0 spiro atoms. The third-order valence-corrected chi connectivity index (χ3v) is 5.85. The third kappa shape index (κ3) is 11.9. The molecule has 0 bridgehead atoms. The molecule has 12 nitrogen and oxygen atoms in total. The lowest BCUT2D eigenvalue weighted by molar-refractivity contribution is -0.138. The molecule has 0 aliphatic carbocycles. The molecule has 0 fully saturated rings. The number of hydrogen-bond acceptors (Lipinski definition) is 10. The molecule has 0 aliphatic rings. The summed E-state index contributed by atoms with van der Waals surface area (Å²) in [5.74, 6) is -0.367. The van der Waals surface area contributed by atoms with Gasteiger partial charge in [0, 0.05) is 11.4 Å². The number of carbonyl (C=O) groups is 3. The highest BCUT2D eigenvalue weighted by Gasteiger charge is 2.30. The molecule has 3 aromatic heterocycles. The van der Waals surface area contributed by atoms with E-state index in [0.717, 1.165) is 24.3 Å². The second-order valence-electron chi connectivity index (χ2n) is 9.11. The second kappa shape index (κ2) is 16.8. The first-order valence-corrected chi connectivity index (χ1v) is 13.3. The van der Waals surface area contributed by atoms with Crippen molar-refractivity contribution in [1.82, 2.24) is 15.5 Å². The van der Waals surface area contributed by atoms with Gasteiger partial charge in [-0.3, -0.25) is 9.59 Å². The van der Waals surface area contributed by atoms with Crippen LogP contribution in [0.25, 0.3) is 0 Å². The number of carboxylic acid groups (broad SMARTS) is 1. The van der Waals surface area contributed by atoms with Crippen LogP contribution in [0.1, 0.15) is 59.5 Å². The summed E-state index contributed by atoms with van der Waals surface area (Å²) in [6, 6.07) is 8.52. The molecule has 0 atom stereocenters. The van der Waals surface area contributed by atoms with Crippen molar-refractivity contribution in [2.75, 3.05) is 11.1 Å². The van der Waals surface area contributed by atoms with Crippen LogP contribution in [0.3, 0.4) is 0 Å². The van der Waals surface area contributed by atoms with Crippen molar-refractivity contribution >= 4 is 40.1 Å². The maximum absolute atomic E-state index is 12.4. The SMILES string of the molecule is Cc1oncc1C(=O)Cl.Cc1oncc1C(=O)Nc1ccc(C(F)(F)F)cc1.Cc1oncc1C(=O)O.Nc1ccc(C(F)(F)F)cc1. The van der Waals surface area contributed by atoms with Crippen molar-refractivity contribution in [3.8, 4) is 0 Å². The molecule has 48 heavy (non-hydrogen) atoms. The van der Waals surface area contributed by atoms with E-state index in [4.69, 9.17) is 27.0 Å². The lowest BCUT2D eigenvalue weighted by atomic mass is 10.2. The maximum Gasteiger partial charge on any atom is 0.416 e. The molecule has 0 radical (unpaired) electrons. The van der Waals surface area contributed by atoms with Gasteiger partial charge in [0.25, 0.3) is 11.1 Å². The summed E-state index contributed by atoms with van der Waals surface area (Å²) < 4.78 is 86.5. The number of rotatable bonds is 4. The smallest absolute Gasteiger partial charge is 0.416 e. The van der Waals surface area contributed by atoms with E-state index in [1.54, 1.807) is 20.8 Å². The van der Waals surface area contributed by atoms with E-state index in [9.17, 15) is 40.7 Å². The number of carbonyl (C=O) groups excluding carboxylic acids is 2. The van der Waals surface area contributed by atoms with E-state index < -0.39 is 40.6 Å². The number of nitrogens with zero attached hydrogens (tertiary/aromatic N) is 3. The molecule has 0 unspecified atom stereocenters. The van der Waals surface area contributed by atoms with E-state index in [2.05, 4.69) is 29.8 Å². The fourth-order valence-corrected chi connectivity index (χ4v) is 3.30. The molecule has 0 saturated heterocycles. The number of aryl methyl sites for hydroxylation is 3. The Balaban J connectivity index is 0.000000237. The van der Waals surface area contributed by atoms with Gasteiger partial charge in [-0.15, -0.1) is 0 Å².